The molecule has 1 aliphatic heterocycles. The van der Waals surface area contributed by atoms with E-state index >= 15 is 0 Å². The van der Waals surface area contributed by atoms with Gasteiger partial charge in [0.05, 0.1) is 5.22 Å². The Labute approximate surface area is 113 Å². The van der Waals surface area contributed by atoms with Crippen molar-refractivity contribution in [2.75, 3.05) is 0 Å². The van der Waals surface area contributed by atoms with Crippen LogP contribution in [0, 0.1) is 0 Å². The first kappa shape index (κ1) is 16.5. The summed E-state index contributed by atoms with van der Waals surface area (Å²) >= 11 is 3.70. The topological polar surface area (TPSA) is 38.7 Å². The maximum Gasteiger partial charge on any atom is 0.389 e. The van der Waals surface area contributed by atoms with Gasteiger partial charge in [0.2, 0.25) is 8.32 Å². The fraction of sp³-hybridized carbons (Fsp3) is 1.00. The number of alkyl halides is 3. The van der Waals surface area contributed by atoms with Gasteiger partial charge in [-0.1, -0.05) is 6.92 Å². The van der Waals surface area contributed by atoms with Crippen molar-refractivity contribution in [3.8, 4) is 0 Å². The molecule has 0 amide bonds. The molecule has 1 aliphatic rings. The van der Waals surface area contributed by atoms with Crippen LogP contribution >= 0.6 is 12.9 Å². The highest BCUT2D eigenvalue weighted by molar-refractivity contribution is 7.76. The minimum Gasteiger partial charge on any atom is -0.429 e. The Kier molecular flexibility index (Phi) is 4.38. The van der Waals surface area contributed by atoms with E-state index in [2.05, 4.69) is 12.9 Å². The van der Waals surface area contributed by atoms with Crippen LogP contribution < -0.4 is 0 Å². The second-order valence-electron chi connectivity index (χ2n) is 5.36. The van der Waals surface area contributed by atoms with Gasteiger partial charge in [-0.3, -0.25) is 0 Å². The number of halogens is 3. The summed E-state index contributed by atoms with van der Waals surface area (Å²) in [6.45, 7) is 6.66. The fourth-order valence-electron chi connectivity index (χ4n) is 2.64. The van der Waals surface area contributed by atoms with Crippen LogP contribution in [0.25, 0.3) is 0 Å². The second-order valence-corrected chi connectivity index (χ2v) is 12.9. The van der Waals surface area contributed by atoms with Gasteiger partial charge in [-0.05, 0) is 39.0 Å². The zero-order valence-corrected chi connectivity index (χ0v) is 13.7. The van der Waals surface area contributed by atoms with E-state index in [1.807, 2.05) is 0 Å². The summed E-state index contributed by atoms with van der Waals surface area (Å²) < 4.78 is 48.2. The Morgan fingerprint density at radius 1 is 1.44 bits per heavy atom. The van der Waals surface area contributed by atoms with Crippen molar-refractivity contribution >= 4 is 29.8 Å². The molecule has 0 aromatic carbocycles. The Balaban J connectivity index is 2.89. The molecule has 1 saturated heterocycles. The van der Waals surface area contributed by atoms with Gasteiger partial charge in [0, 0.05) is 12.0 Å². The quantitative estimate of drug-likeness (QED) is 0.464. The number of hydrogen-bond acceptors (Lipinski definition) is 4. The van der Waals surface area contributed by atoms with E-state index in [0.717, 1.165) is 0 Å². The van der Waals surface area contributed by atoms with Gasteiger partial charge in [0.15, 0.2) is 0 Å². The van der Waals surface area contributed by atoms with Crippen LogP contribution in [-0.2, 0) is 8.30 Å². The summed E-state index contributed by atoms with van der Waals surface area (Å²) in [6.07, 6.45) is -4.91. The fourth-order valence-corrected chi connectivity index (χ4v) is 9.45. The lowest BCUT2D eigenvalue weighted by Gasteiger charge is -2.28. The molecule has 0 aliphatic carbocycles. The predicted molar refractivity (Wildman–Crippen MR) is 69.9 cm³/mol. The first-order valence-corrected chi connectivity index (χ1v) is 11.4. The Morgan fingerprint density at radius 3 is 2.28 bits per heavy atom. The molecule has 1 rings (SSSR count). The highest BCUT2D eigenvalue weighted by atomic mass is 32.1. The van der Waals surface area contributed by atoms with E-state index in [-0.39, 0.29) is 0 Å². The van der Waals surface area contributed by atoms with Crippen molar-refractivity contribution in [3.05, 3.63) is 0 Å². The van der Waals surface area contributed by atoms with E-state index < -0.39 is 40.2 Å². The first-order valence-electron chi connectivity index (χ1n) is 5.74. The smallest absolute Gasteiger partial charge is 0.389 e. The van der Waals surface area contributed by atoms with Crippen molar-refractivity contribution < 1.29 is 26.3 Å². The molecule has 1 heterocycles. The molecular formula is C9H19F3O3SSi2. The standard InChI is InChI=1S/C9H19F3O3SSi2/c1-5-8(14-17(2,3)15-16)7(18(8,4)13)6-9(10,11)12/h7,13,16H,5-6H2,1-4H3. The SMILES string of the molecule is CCC1(O[Si](C)(C)OS)C(CC(F)(F)F)[Si]1(C)O. The molecule has 0 aromatic heterocycles. The van der Waals surface area contributed by atoms with Crippen molar-refractivity contribution in [2.24, 2.45) is 0 Å². The molecule has 1 fully saturated rings. The highest BCUT2D eigenvalue weighted by Gasteiger charge is 2.78. The first-order chi connectivity index (χ1) is 7.92. The van der Waals surface area contributed by atoms with E-state index in [9.17, 15) is 18.0 Å². The van der Waals surface area contributed by atoms with Crippen molar-refractivity contribution in [1.29, 1.82) is 0 Å². The summed E-state index contributed by atoms with van der Waals surface area (Å²) in [7, 11) is -5.63. The van der Waals surface area contributed by atoms with E-state index in [1.165, 1.54) is 6.55 Å². The maximum atomic E-state index is 12.5. The van der Waals surface area contributed by atoms with Crippen LogP contribution in [0.15, 0.2) is 0 Å². The minimum absolute atomic E-state index is 0.362. The van der Waals surface area contributed by atoms with E-state index in [1.54, 1.807) is 20.0 Å². The summed E-state index contributed by atoms with van der Waals surface area (Å²) in [5.41, 5.74) is -0.815. The molecule has 0 aromatic rings. The van der Waals surface area contributed by atoms with E-state index in [0.29, 0.717) is 6.42 Å². The summed E-state index contributed by atoms with van der Waals surface area (Å²) in [5, 5.41) is -1.04. The van der Waals surface area contributed by atoms with Gasteiger partial charge in [-0.25, -0.2) is 0 Å². The van der Waals surface area contributed by atoms with E-state index in [4.69, 9.17) is 8.30 Å². The number of thiol groups is 1. The van der Waals surface area contributed by atoms with Gasteiger partial charge in [-0.15, -0.1) is 0 Å². The van der Waals surface area contributed by atoms with Gasteiger partial charge in [0.1, 0.15) is 0 Å². The molecule has 3 atom stereocenters. The van der Waals surface area contributed by atoms with Crippen LogP contribution in [0.1, 0.15) is 19.8 Å². The zero-order valence-electron chi connectivity index (χ0n) is 10.8. The summed E-state index contributed by atoms with van der Waals surface area (Å²) in [5.74, 6) is 0. The summed E-state index contributed by atoms with van der Waals surface area (Å²) in [4.78, 5) is 10.3. The molecule has 0 bridgehead atoms. The molecule has 108 valence electrons. The van der Waals surface area contributed by atoms with Gasteiger partial charge < -0.3 is 13.1 Å². The maximum absolute atomic E-state index is 12.5. The third kappa shape index (κ3) is 2.96. The molecule has 9 heteroatoms. The molecular weight excluding hydrogens is 301 g/mol. The van der Waals surface area contributed by atoms with Crippen molar-refractivity contribution in [1.82, 2.24) is 0 Å². The Morgan fingerprint density at radius 2 is 1.94 bits per heavy atom. The third-order valence-electron chi connectivity index (χ3n) is 3.62. The zero-order chi connectivity index (χ0) is 14.4. The van der Waals surface area contributed by atoms with Crippen molar-refractivity contribution in [3.63, 3.8) is 0 Å². The third-order valence-corrected chi connectivity index (χ3v) is 10.7. The van der Waals surface area contributed by atoms with Crippen LogP contribution in [-0.4, -0.2) is 33.1 Å². The number of hydrogen-bond donors (Lipinski definition) is 2. The second kappa shape index (κ2) is 4.78. The van der Waals surface area contributed by atoms with Crippen LogP contribution in [0.5, 0.6) is 0 Å². The molecule has 3 nitrogen and oxygen atoms in total. The molecule has 0 radical (unpaired) electrons. The lowest BCUT2D eigenvalue weighted by Crippen LogP contribution is -2.43. The molecule has 0 saturated carbocycles. The Bertz CT molecular complexity index is 325. The molecule has 18 heavy (non-hydrogen) atoms. The van der Waals surface area contributed by atoms with Crippen molar-refractivity contribution in [2.45, 2.75) is 56.3 Å². The van der Waals surface area contributed by atoms with Gasteiger partial charge in [0.25, 0.3) is 0 Å². The van der Waals surface area contributed by atoms with Crippen LogP contribution in [0.3, 0.4) is 0 Å². The minimum atomic E-state index is -4.28. The van der Waals surface area contributed by atoms with Gasteiger partial charge in [-0.2, -0.15) is 13.2 Å². The monoisotopic (exact) mass is 320 g/mol. The number of rotatable bonds is 5. The summed E-state index contributed by atoms with van der Waals surface area (Å²) in [6, 6.07) is 0. The Hall–Kier alpha value is 0.454. The van der Waals surface area contributed by atoms with Crippen LogP contribution in [0.4, 0.5) is 13.2 Å². The average Bonchev–Trinajstić information content (AvgIpc) is 2.62. The molecule has 0 spiro atoms. The predicted octanol–water partition coefficient (Wildman–Crippen LogP) is 3.16. The average molecular weight is 320 g/mol. The van der Waals surface area contributed by atoms with Gasteiger partial charge >= 0.3 is 14.7 Å². The lowest BCUT2D eigenvalue weighted by molar-refractivity contribution is -0.137. The molecule has 3 unspecified atom stereocenters. The normalized spacial score (nSPS) is 36.8. The largest absolute Gasteiger partial charge is 0.429 e. The molecule has 1 N–H and O–H groups in total. The highest BCUT2D eigenvalue weighted by Crippen LogP contribution is 2.64. The van der Waals surface area contributed by atoms with Crippen LogP contribution in [0.2, 0.25) is 25.2 Å². The lowest BCUT2D eigenvalue weighted by atomic mass is 10.1.